The first-order chi connectivity index (χ1) is 10.2. The number of ether oxygens (including phenoxy) is 1. The van der Waals surface area contributed by atoms with E-state index in [1.807, 2.05) is 0 Å². The van der Waals surface area contributed by atoms with Gasteiger partial charge < -0.3 is 10.1 Å². The zero-order chi connectivity index (χ0) is 16.9. The maximum absolute atomic E-state index is 11.6. The number of carbonyl (C=O) groups is 2. The highest BCUT2D eigenvalue weighted by Crippen LogP contribution is 2.30. The Morgan fingerprint density at radius 2 is 1.95 bits per heavy atom. The van der Waals surface area contributed by atoms with E-state index in [2.05, 4.69) is 10.6 Å². The molecule has 22 heavy (non-hydrogen) atoms. The van der Waals surface area contributed by atoms with Gasteiger partial charge in [0.1, 0.15) is 5.75 Å². The predicted molar refractivity (Wildman–Crippen MR) is 79.9 cm³/mol. The van der Waals surface area contributed by atoms with Crippen LogP contribution in [-0.2, 0) is 4.79 Å². The zero-order valence-electron chi connectivity index (χ0n) is 12.9. The van der Waals surface area contributed by atoms with E-state index in [0.29, 0.717) is 11.1 Å². The third-order valence-electron chi connectivity index (χ3n) is 2.79. The zero-order valence-corrected chi connectivity index (χ0v) is 12.9. The summed E-state index contributed by atoms with van der Waals surface area (Å²) in [5, 5.41) is 15.5. The Morgan fingerprint density at radius 3 is 2.50 bits per heavy atom. The van der Waals surface area contributed by atoms with Crippen LogP contribution in [0, 0.1) is 24.0 Å². The molecule has 0 fully saturated rings. The SMILES string of the molecule is Cc1ccc([N+](=O)[O-])c(C)c1OCC(=O)NC(=O)NC(C)C. The van der Waals surface area contributed by atoms with Gasteiger partial charge in [-0.25, -0.2) is 4.79 Å². The van der Waals surface area contributed by atoms with Crippen molar-refractivity contribution in [2.45, 2.75) is 33.7 Å². The molecule has 0 aliphatic carbocycles. The second-order valence-corrected chi connectivity index (χ2v) is 5.08. The number of benzene rings is 1. The van der Waals surface area contributed by atoms with E-state index in [0.717, 1.165) is 0 Å². The summed E-state index contributed by atoms with van der Waals surface area (Å²) in [6.07, 6.45) is 0. The van der Waals surface area contributed by atoms with Crippen molar-refractivity contribution in [2.75, 3.05) is 6.61 Å². The highest BCUT2D eigenvalue weighted by molar-refractivity contribution is 5.95. The van der Waals surface area contributed by atoms with E-state index in [4.69, 9.17) is 4.74 Å². The van der Waals surface area contributed by atoms with E-state index in [-0.39, 0.29) is 17.5 Å². The highest BCUT2D eigenvalue weighted by Gasteiger charge is 2.18. The van der Waals surface area contributed by atoms with Gasteiger partial charge in [-0.3, -0.25) is 20.2 Å². The first-order valence-electron chi connectivity index (χ1n) is 6.70. The van der Waals surface area contributed by atoms with E-state index >= 15 is 0 Å². The molecular weight excluding hydrogens is 290 g/mol. The number of nitro groups is 1. The topological polar surface area (TPSA) is 111 Å². The third-order valence-corrected chi connectivity index (χ3v) is 2.79. The molecule has 1 aromatic carbocycles. The quantitative estimate of drug-likeness (QED) is 0.636. The highest BCUT2D eigenvalue weighted by atomic mass is 16.6. The van der Waals surface area contributed by atoms with E-state index in [1.54, 1.807) is 33.8 Å². The smallest absolute Gasteiger partial charge is 0.321 e. The Kier molecular flexibility index (Phi) is 5.85. The average molecular weight is 309 g/mol. The number of nitrogens with one attached hydrogen (secondary N) is 2. The van der Waals surface area contributed by atoms with Crippen LogP contribution in [0.4, 0.5) is 10.5 Å². The Balaban J connectivity index is 2.72. The van der Waals surface area contributed by atoms with Crippen LogP contribution in [0.1, 0.15) is 25.0 Å². The molecule has 0 spiro atoms. The number of aryl methyl sites for hydroxylation is 1. The lowest BCUT2D eigenvalue weighted by Crippen LogP contribution is -2.44. The van der Waals surface area contributed by atoms with Crippen LogP contribution in [0.25, 0.3) is 0 Å². The second-order valence-electron chi connectivity index (χ2n) is 5.08. The Bertz CT molecular complexity index is 598. The minimum Gasteiger partial charge on any atom is -0.483 e. The standard InChI is InChI=1S/C14H19N3O5/c1-8(2)15-14(19)16-12(18)7-22-13-9(3)5-6-11(10(13)4)17(20)21/h5-6,8H,7H2,1-4H3,(H2,15,16,18,19). The molecule has 0 bridgehead atoms. The molecule has 1 rings (SSSR count). The van der Waals surface area contributed by atoms with Crippen molar-refractivity contribution in [1.29, 1.82) is 0 Å². The maximum Gasteiger partial charge on any atom is 0.321 e. The molecule has 0 heterocycles. The molecule has 2 N–H and O–H groups in total. The third kappa shape index (κ3) is 4.72. The summed E-state index contributed by atoms with van der Waals surface area (Å²) < 4.78 is 5.33. The molecule has 8 nitrogen and oxygen atoms in total. The predicted octanol–water partition coefficient (Wildman–Crippen LogP) is 1.82. The van der Waals surface area contributed by atoms with Crippen molar-refractivity contribution < 1.29 is 19.2 Å². The molecule has 0 unspecified atom stereocenters. The van der Waals surface area contributed by atoms with Crippen LogP contribution in [-0.4, -0.2) is 29.5 Å². The average Bonchev–Trinajstić information content (AvgIpc) is 2.36. The molecule has 0 aliphatic heterocycles. The van der Waals surface area contributed by atoms with Gasteiger partial charge in [0.2, 0.25) is 0 Å². The number of urea groups is 1. The fraction of sp³-hybridized carbons (Fsp3) is 0.429. The number of imide groups is 1. The molecule has 0 saturated heterocycles. The molecule has 120 valence electrons. The van der Waals surface area contributed by atoms with Crippen molar-refractivity contribution in [3.63, 3.8) is 0 Å². The van der Waals surface area contributed by atoms with Crippen LogP contribution in [0.15, 0.2) is 12.1 Å². The minimum atomic E-state index is -0.636. The summed E-state index contributed by atoms with van der Waals surface area (Å²) in [6, 6.07) is 2.21. The molecule has 0 saturated carbocycles. The van der Waals surface area contributed by atoms with Gasteiger partial charge in [-0.05, 0) is 39.3 Å². The fourth-order valence-corrected chi connectivity index (χ4v) is 1.84. The van der Waals surface area contributed by atoms with Crippen molar-refractivity contribution >= 4 is 17.6 Å². The van der Waals surface area contributed by atoms with Gasteiger partial charge in [-0.1, -0.05) is 0 Å². The summed E-state index contributed by atoms with van der Waals surface area (Å²) >= 11 is 0. The lowest BCUT2D eigenvalue weighted by Gasteiger charge is -2.13. The van der Waals surface area contributed by atoms with Crippen molar-refractivity contribution in [2.24, 2.45) is 0 Å². The summed E-state index contributed by atoms with van der Waals surface area (Å²) in [7, 11) is 0. The molecule has 0 atom stereocenters. The second kappa shape index (κ2) is 7.39. The summed E-state index contributed by atoms with van der Waals surface area (Å²) in [6.45, 7) is 6.38. The number of nitro benzene ring substituents is 1. The largest absolute Gasteiger partial charge is 0.483 e. The monoisotopic (exact) mass is 309 g/mol. The van der Waals surface area contributed by atoms with Crippen molar-refractivity contribution in [3.8, 4) is 5.75 Å². The Labute approximate surface area is 128 Å². The van der Waals surface area contributed by atoms with Crippen LogP contribution in [0.2, 0.25) is 0 Å². The first kappa shape index (κ1) is 17.4. The number of amides is 3. The summed E-state index contributed by atoms with van der Waals surface area (Å²) in [5.41, 5.74) is 0.922. The number of hydrogen-bond acceptors (Lipinski definition) is 5. The lowest BCUT2D eigenvalue weighted by molar-refractivity contribution is -0.385. The summed E-state index contributed by atoms with van der Waals surface area (Å²) in [5.74, 6) is -0.364. The Hall–Kier alpha value is -2.64. The molecule has 8 heteroatoms. The normalized spacial score (nSPS) is 10.2. The molecule has 0 radical (unpaired) electrons. The van der Waals surface area contributed by atoms with Gasteiger partial charge in [-0.2, -0.15) is 0 Å². The lowest BCUT2D eigenvalue weighted by atomic mass is 10.1. The number of rotatable bonds is 5. The fourth-order valence-electron chi connectivity index (χ4n) is 1.84. The number of hydrogen-bond donors (Lipinski definition) is 2. The molecule has 3 amide bonds. The van der Waals surface area contributed by atoms with Crippen molar-refractivity contribution in [1.82, 2.24) is 10.6 Å². The number of carbonyl (C=O) groups excluding carboxylic acids is 2. The van der Waals surface area contributed by atoms with Gasteiger partial charge >= 0.3 is 6.03 Å². The van der Waals surface area contributed by atoms with Crippen LogP contribution in [0.3, 0.4) is 0 Å². The van der Waals surface area contributed by atoms with Crippen molar-refractivity contribution in [3.05, 3.63) is 33.4 Å². The Morgan fingerprint density at radius 1 is 1.32 bits per heavy atom. The molecule has 1 aromatic rings. The van der Waals surface area contributed by atoms with Gasteiger partial charge in [0, 0.05) is 12.1 Å². The molecular formula is C14H19N3O5. The first-order valence-corrected chi connectivity index (χ1v) is 6.70. The van der Waals surface area contributed by atoms with E-state index in [1.165, 1.54) is 6.07 Å². The van der Waals surface area contributed by atoms with Gasteiger partial charge in [0.25, 0.3) is 11.6 Å². The van der Waals surface area contributed by atoms with Gasteiger partial charge in [0.05, 0.1) is 10.5 Å². The van der Waals surface area contributed by atoms with Crippen LogP contribution < -0.4 is 15.4 Å². The van der Waals surface area contributed by atoms with Crippen LogP contribution in [0.5, 0.6) is 5.75 Å². The summed E-state index contributed by atoms with van der Waals surface area (Å²) in [4.78, 5) is 33.4. The molecule has 0 aliphatic rings. The van der Waals surface area contributed by atoms with Gasteiger partial charge in [-0.15, -0.1) is 0 Å². The molecule has 0 aromatic heterocycles. The van der Waals surface area contributed by atoms with E-state index < -0.39 is 23.5 Å². The van der Waals surface area contributed by atoms with Gasteiger partial charge in [0.15, 0.2) is 6.61 Å². The maximum atomic E-state index is 11.6. The number of nitrogens with zero attached hydrogens (tertiary/aromatic N) is 1. The van der Waals surface area contributed by atoms with Crippen LogP contribution >= 0.6 is 0 Å². The minimum absolute atomic E-state index is 0.0847. The van der Waals surface area contributed by atoms with E-state index in [9.17, 15) is 19.7 Å².